The highest BCUT2D eigenvalue weighted by atomic mass is 14.8. The lowest BCUT2D eigenvalue weighted by Gasteiger charge is -2.03. The second kappa shape index (κ2) is 4.00. The van der Waals surface area contributed by atoms with Crippen LogP contribution in [0.15, 0.2) is 12.4 Å². The predicted molar refractivity (Wildman–Crippen MR) is 50.9 cm³/mol. The molecule has 0 N–H and O–H groups in total. The number of hydrogen-bond donors (Lipinski definition) is 0. The molecule has 0 atom stereocenters. The van der Waals surface area contributed by atoms with Gasteiger partial charge in [0, 0.05) is 11.3 Å². The van der Waals surface area contributed by atoms with E-state index in [4.69, 9.17) is 0 Å². The monoisotopic (exact) mass is 162 g/mol. The molecule has 2 heteroatoms. The largest absolute Gasteiger partial charge is 0.241 e. The van der Waals surface area contributed by atoms with Crippen molar-refractivity contribution in [3.05, 3.63) is 29.4 Å². The van der Waals surface area contributed by atoms with Crippen molar-refractivity contribution in [1.82, 2.24) is 9.97 Å². The number of allylic oxidation sites excluding steroid dienone is 1. The molecule has 0 unspecified atom stereocenters. The summed E-state index contributed by atoms with van der Waals surface area (Å²) in [5, 5.41) is 0. The van der Waals surface area contributed by atoms with Gasteiger partial charge < -0.3 is 0 Å². The SMILES string of the molecule is C/C=C\c1c(C)ncnc1CC. The van der Waals surface area contributed by atoms with Crippen molar-refractivity contribution in [1.29, 1.82) is 0 Å². The Labute approximate surface area is 73.4 Å². The first-order valence-corrected chi connectivity index (χ1v) is 4.22. The first-order valence-electron chi connectivity index (χ1n) is 4.22. The topological polar surface area (TPSA) is 25.8 Å². The Kier molecular flexibility index (Phi) is 2.97. The van der Waals surface area contributed by atoms with E-state index in [-0.39, 0.29) is 0 Å². The molecule has 0 spiro atoms. The van der Waals surface area contributed by atoms with E-state index in [9.17, 15) is 0 Å². The lowest BCUT2D eigenvalue weighted by Crippen LogP contribution is -1.96. The van der Waals surface area contributed by atoms with E-state index < -0.39 is 0 Å². The highest BCUT2D eigenvalue weighted by Gasteiger charge is 2.01. The number of rotatable bonds is 2. The van der Waals surface area contributed by atoms with Crippen LogP contribution in [0.2, 0.25) is 0 Å². The maximum absolute atomic E-state index is 4.21. The van der Waals surface area contributed by atoms with Crippen LogP contribution >= 0.6 is 0 Å². The first kappa shape index (κ1) is 8.91. The van der Waals surface area contributed by atoms with Crippen molar-refractivity contribution in [2.24, 2.45) is 0 Å². The number of hydrogen-bond acceptors (Lipinski definition) is 2. The van der Waals surface area contributed by atoms with E-state index >= 15 is 0 Å². The molecule has 0 aromatic carbocycles. The fourth-order valence-corrected chi connectivity index (χ4v) is 1.20. The van der Waals surface area contributed by atoms with Crippen molar-refractivity contribution >= 4 is 6.08 Å². The summed E-state index contributed by atoms with van der Waals surface area (Å²) < 4.78 is 0. The van der Waals surface area contributed by atoms with Crippen LogP contribution in [0, 0.1) is 6.92 Å². The molecule has 1 aromatic heterocycles. The van der Waals surface area contributed by atoms with Gasteiger partial charge in [-0.1, -0.05) is 19.1 Å². The second-order valence-corrected chi connectivity index (χ2v) is 2.67. The van der Waals surface area contributed by atoms with E-state index in [1.807, 2.05) is 19.9 Å². The summed E-state index contributed by atoms with van der Waals surface area (Å²) in [5.41, 5.74) is 3.35. The molecule has 0 fully saturated rings. The molecule has 64 valence electrons. The quantitative estimate of drug-likeness (QED) is 0.667. The maximum Gasteiger partial charge on any atom is 0.115 e. The van der Waals surface area contributed by atoms with Gasteiger partial charge in [0.1, 0.15) is 6.33 Å². The lowest BCUT2D eigenvalue weighted by atomic mass is 10.1. The summed E-state index contributed by atoms with van der Waals surface area (Å²) in [4.78, 5) is 8.36. The Morgan fingerprint density at radius 3 is 2.75 bits per heavy atom. The van der Waals surface area contributed by atoms with Crippen LogP contribution in [-0.2, 0) is 6.42 Å². The molecule has 0 aliphatic carbocycles. The fourth-order valence-electron chi connectivity index (χ4n) is 1.20. The van der Waals surface area contributed by atoms with Gasteiger partial charge >= 0.3 is 0 Å². The van der Waals surface area contributed by atoms with Crippen LogP contribution in [0.5, 0.6) is 0 Å². The zero-order chi connectivity index (χ0) is 8.97. The molecule has 0 aliphatic heterocycles. The Balaban J connectivity index is 3.19. The molecule has 0 saturated heterocycles. The van der Waals surface area contributed by atoms with E-state index in [1.54, 1.807) is 6.33 Å². The van der Waals surface area contributed by atoms with Crippen LogP contribution in [-0.4, -0.2) is 9.97 Å². The minimum absolute atomic E-state index is 0.961. The molecule has 0 aliphatic rings. The molecular weight excluding hydrogens is 148 g/mol. The normalized spacial score (nSPS) is 10.9. The molecule has 0 radical (unpaired) electrons. The third-order valence-corrected chi connectivity index (χ3v) is 1.83. The summed E-state index contributed by atoms with van der Waals surface area (Å²) in [6.45, 7) is 6.12. The third-order valence-electron chi connectivity index (χ3n) is 1.83. The third kappa shape index (κ3) is 1.70. The second-order valence-electron chi connectivity index (χ2n) is 2.67. The highest BCUT2D eigenvalue weighted by Crippen LogP contribution is 2.11. The molecule has 2 nitrogen and oxygen atoms in total. The first-order chi connectivity index (χ1) is 5.79. The molecule has 0 saturated carbocycles. The molecule has 12 heavy (non-hydrogen) atoms. The van der Waals surface area contributed by atoms with Gasteiger partial charge in [-0.2, -0.15) is 0 Å². The van der Waals surface area contributed by atoms with Crippen LogP contribution in [0.3, 0.4) is 0 Å². The molecule has 1 rings (SSSR count). The zero-order valence-corrected chi connectivity index (χ0v) is 7.83. The van der Waals surface area contributed by atoms with Crippen LogP contribution in [0.1, 0.15) is 30.8 Å². The maximum atomic E-state index is 4.21. The van der Waals surface area contributed by atoms with E-state index in [0.29, 0.717) is 0 Å². The lowest BCUT2D eigenvalue weighted by molar-refractivity contribution is 0.966. The van der Waals surface area contributed by atoms with Crippen molar-refractivity contribution < 1.29 is 0 Å². The molecule has 1 heterocycles. The van der Waals surface area contributed by atoms with E-state index in [2.05, 4.69) is 23.0 Å². The summed E-state index contributed by atoms with van der Waals surface area (Å²) in [7, 11) is 0. The Hall–Kier alpha value is -1.18. The zero-order valence-electron chi connectivity index (χ0n) is 7.83. The fraction of sp³-hybridized carbons (Fsp3) is 0.400. The van der Waals surface area contributed by atoms with Gasteiger partial charge in [-0.05, 0) is 20.3 Å². The number of aromatic nitrogens is 2. The van der Waals surface area contributed by atoms with Crippen molar-refractivity contribution in [2.45, 2.75) is 27.2 Å². The standard InChI is InChI=1S/C10H14N2/c1-4-6-9-8(3)11-7-12-10(9)5-2/h4,6-7H,5H2,1-3H3/b6-4-. The van der Waals surface area contributed by atoms with Gasteiger partial charge in [-0.25, -0.2) is 9.97 Å². The van der Waals surface area contributed by atoms with Gasteiger partial charge in [-0.3, -0.25) is 0 Å². The Bertz CT molecular complexity index is 290. The van der Waals surface area contributed by atoms with Crippen LogP contribution in [0.4, 0.5) is 0 Å². The molecular formula is C10H14N2. The Morgan fingerprint density at radius 2 is 2.17 bits per heavy atom. The summed E-state index contributed by atoms with van der Waals surface area (Å²) >= 11 is 0. The predicted octanol–water partition coefficient (Wildman–Crippen LogP) is 2.38. The average molecular weight is 162 g/mol. The Morgan fingerprint density at radius 1 is 1.42 bits per heavy atom. The van der Waals surface area contributed by atoms with Crippen molar-refractivity contribution in [2.75, 3.05) is 0 Å². The van der Waals surface area contributed by atoms with Crippen molar-refractivity contribution in [3.63, 3.8) is 0 Å². The average Bonchev–Trinajstić information content (AvgIpc) is 2.09. The summed E-state index contributed by atoms with van der Waals surface area (Å²) in [6, 6.07) is 0. The van der Waals surface area contributed by atoms with Gasteiger partial charge in [0.15, 0.2) is 0 Å². The van der Waals surface area contributed by atoms with E-state index in [1.165, 1.54) is 5.56 Å². The summed E-state index contributed by atoms with van der Waals surface area (Å²) in [5.74, 6) is 0. The smallest absolute Gasteiger partial charge is 0.115 e. The van der Waals surface area contributed by atoms with Gasteiger partial charge in [0.05, 0.1) is 5.69 Å². The van der Waals surface area contributed by atoms with Crippen LogP contribution < -0.4 is 0 Å². The highest BCUT2D eigenvalue weighted by molar-refractivity contribution is 5.53. The molecule has 0 bridgehead atoms. The van der Waals surface area contributed by atoms with Gasteiger partial charge in [0.25, 0.3) is 0 Å². The number of aryl methyl sites for hydroxylation is 2. The van der Waals surface area contributed by atoms with Crippen molar-refractivity contribution in [3.8, 4) is 0 Å². The summed E-state index contributed by atoms with van der Waals surface area (Å²) in [6.07, 6.45) is 6.67. The van der Waals surface area contributed by atoms with Gasteiger partial charge in [0.2, 0.25) is 0 Å². The van der Waals surface area contributed by atoms with Gasteiger partial charge in [-0.15, -0.1) is 0 Å². The molecule has 1 aromatic rings. The minimum atomic E-state index is 0.961. The van der Waals surface area contributed by atoms with E-state index in [0.717, 1.165) is 17.8 Å². The number of nitrogens with zero attached hydrogens (tertiary/aromatic N) is 2. The van der Waals surface area contributed by atoms with Crippen LogP contribution in [0.25, 0.3) is 6.08 Å². The minimum Gasteiger partial charge on any atom is -0.241 e. The molecule has 0 amide bonds.